The Balaban J connectivity index is 1.13. The summed E-state index contributed by atoms with van der Waals surface area (Å²) in [6.45, 7) is 4.66. The fraction of sp³-hybridized carbons (Fsp3) is 0.0566. The van der Waals surface area contributed by atoms with E-state index in [1.807, 2.05) is 0 Å². The normalized spacial score (nSPS) is 13.2. The molecular formula is C53H36N4. The van der Waals surface area contributed by atoms with Crippen LogP contribution in [0.25, 0.3) is 99.7 Å². The number of hydrogen-bond donors (Lipinski definition) is 0. The van der Waals surface area contributed by atoms with Crippen molar-refractivity contribution in [2.75, 3.05) is 0 Å². The van der Waals surface area contributed by atoms with E-state index in [0.29, 0.717) is 5.95 Å². The van der Waals surface area contributed by atoms with E-state index in [1.54, 1.807) is 0 Å². The molecule has 3 aromatic heterocycles. The van der Waals surface area contributed by atoms with Gasteiger partial charge < -0.3 is 4.57 Å². The first-order valence-corrected chi connectivity index (χ1v) is 19.7. The van der Waals surface area contributed by atoms with Gasteiger partial charge in [-0.2, -0.15) is 0 Å². The van der Waals surface area contributed by atoms with Gasteiger partial charge in [-0.1, -0.05) is 153 Å². The van der Waals surface area contributed by atoms with Crippen molar-refractivity contribution in [2.45, 2.75) is 19.3 Å². The lowest BCUT2D eigenvalue weighted by molar-refractivity contribution is 0.661. The molecule has 0 amide bonds. The van der Waals surface area contributed by atoms with Gasteiger partial charge in [0, 0.05) is 49.2 Å². The molecule has 0 N–H and O–H groups in total. The molecule has 0 radical (unpaired) electrons. The summed E-state index contributed by atoms with van der Waals surface area (Å²) >= 11 is 0. The second kappa shape index (κ2) is 11.8. The van der Waals surface area contributed by atoms with Gasteiger partial charge >= 0.3 is 0 Å². The molecule has 11 aromatic rings. The third-order valence-electron chi connectivity index (χ3n) is 12.3. The summed E-state index contributed by atoms with van der Waals surface area (Å²) in [6, 6.07) is 65.7. The number of aromatic nitrogens is 4. The Labute approximate surface area is 329 Å². The van der Waals surface area contributed by atoms with E-state index in [-0.39, 0.29) is 5.41 Å². The Morgan fingerprint density at radius 2 is 1.00 bits per heavy atom. The van der Waals surface area contributed by atoms with Gasteiger partial charge in [0.15, 0.2) is 0 Å². The first-order chi connectivity index (χ1) is 28.0. The van der Waals surface area contributed by atoms with Crippen molar-refractivity contribution in [1.82, 2.24) is 19.1 Å². The molecule has 4 nitrogen and oxygen atoms in total. The molecule has 3 heterocycles. The van der Waals surface area contributed by atoms with Crippen molar-refractivity contribution < 1.29 is 0 Å². The molecule has 0 unspecified atom stereocenters. The van der Waals surface area contributed by atoms with Crippen molar-refractivity contribution in [2.24, 2.45) is 0 Å². The van der Waals surface area contributed by atoms with Crippen LogP contribution in [0.15, 0.2) is 182 Å². The first-order valence-electron chi connectivity index (χ1n) is 19.7. The molecule has 4 heteroatoms. The fourth-order valence-electron chi connectivity index (χ4n) is 9.66. The maximum absolute atomic E-state index is 5.60. The van der Waals surface area contributed by atoms with E-state index in [1.165, 1.54) is 60.4 Å². The zero-order valence-electron chi connectivity index (χ0n) is 31.6. The van der Waals surface area contributed by atoms with Crippen LogP contribution in [0, 0.1) is 0 Å². The maximum Gasteiger partial charge on any atom is 0.235 e. The molecule has 8 aromatic carbocycles. The van der Waals surface area contributed by atoms with Gasteiger partial charge in [0.05, 0.1) is 33.3 Å². The lowest BCUT2D eigenvalue weighted by Crippen LogP contribution is -2.14. The average molecular weight is 729 g/mol. The second-order valence-corrected chi connectivity index (χ2v) is 15.8. The van der Waals surface area contributed by atoms with E-state index in [4.69, 9.17) is 9.97 Å². The zero-order valence-corrected chi connectivity index (χ0v) is 31.6. The summed E-state index contributed by atoms with van der Waals surface area (Å²) in [5.74, 6) is 0.668. The standard InChI is InChI=1S/C53H36N4/c1-53(2)43-22-12-9-21-40(43)49-44(53)29-28-41-50(33-15-5-3-6-16-33)54-52(55-51(41)49)57-46-24-14-10-19-37(46)39-27-25-35(32-48(39)57)34-26-30-47-42(31-34)38-20-11-13-23-45(38)56(47)36-17-7-4-8-18-36/h3-32H,1-2H3. The van der Waals surface area contributed by atoms with Crippen LogP contribution >= 0.6 is 0 Å². The Morgan fingerprint density at radius 3 is 1.81 bits per heavy atom. The molecule has 0 fully saturated rings. The Bertz CT molecular complexity index is 3420. The van der Waals surface area contributed by atoms with Gasteiger partial charge in [0.2, 0.25) is 5.95 Å². The fourth-order valence-corrected chi connectivity index (χ4v) is 9.66. The second-order valence-electron chi connectivity index (χ2n) is 15.8. The quantitative estimate of drug-likeness (QED) is 0.181. The van der Waals surface area contributed by atoms with E-state index in [9.17, 15) is 0 Å². The molecule has 268 valence electrons. The molecule has 0 aliphatic heterocycles. The lowest BCUT2D eigenvalue weighted by Gasteiger charge is -2.21. The van der Waals surface area contributed by atoms with Crippen LogP contribution in [0.1, 0.15) is 25.0 Å². The molecule has 0 saturated heterocycles. The summed E-state index contributed by atoms with van der Waals surface area (Å²) in [4.78, 5) is 11.1. The highest BCUT2D eigenvalue weighted by atomic mass is 15.2. The molecule has 57 heavy (non-hydrogen) atoms. The molecule has 0 atom stereocenters. The highest BCUT2D eigenvalue weighted by Crippen LogP contribution is 2.51. The topological polar surface area (TPSA) is 35.6 Å². The van der Waals surface area contributed by atoms with E-state index in [2.05, 4.69) is 205 Å². The van der Waals surface area contributed by atoms with Gasteiger partial charge in [-0.3, -0.25) is 4.57 Å². The minimum absolute atomic E-state index is 0.144. The minimum Gasteiger partial charge on any atom is -0.309 e. The Morgan fingerprint density at radius 1 is 0.404 bits per heavy atom. The minimum atomic E-state index is -0.144. The molecule has 1 aliphatic carbocycles. The third kappa shape index (κ3) is 4.55. The summed E-state index contributed by atoms with van der Waals surface area (Å²) in [5, 5.41) is 5.88. The highest BCUT2D eigenvalue weighted by Gasteiger charge is 2.37. The smallest absolute Gasteiger partial charge is 0.235 e. The Hall–Kier alpha value is -7.30. The molecule has 12 rings (SSSR count). The molecule has 0 saturated carbocycles. The number of para-hydroxylation sites is 3. The predicted octanol–water partition coefficient (Wildman–Crippen LogP) is 13.5. The summed E-state index contributed by atoms with van der Waals surface area (Å²) in [6.07, 6.45) is 0. The third-order valence-corrected chi connectivity index (χ3v) is 12.3. The summed E-state index contributed by atoms with van der Waals surface area (Å²) in [5.41, 5.74) is 15.9. The first kappa shape index (κ1) is 32.0. The number of benzene rings is 8. The highest BCUT2D eigenvalue weighted by molar-refractivity contribution is 6.13. The number of fused-ring (bicyclic) bond motifs is 11. The van der Waals surface area contributed by atoms with Gasteiger partial charge in [0.1, 0.15) is 0 Å². The monoisotopic (exact) mass is 728 g/mol. The van der Waals surface area contributed by atoms with Crippen molar-refractivity contribution >= 4 is 54.5 Å². The van der Waals surface area contributed by atoms with Crippen LogP contribution < -0.4 is 0 Å². The molecule has 1 aliphatic rings. The SMILES string of the molecule is CC1(C)c2ccccc2-c2c1ccc1c(-c3ccccc3)nc(-n3c4ccccc4c4ccc(-c5ccc6c(c5)c5ccccc5n6-c5ccccc5)cc43)nc21. The Kier molecular flexibility index (Phi) is 6.65. The predicted molar refractivity (Wildman–Crippen MR) is 237 cm³/mol. The van der Waals surface area contributed by atoms with Gasteiger partial charge in [-0.15, -0.1) is 0 Å². The van der Waals surface area contributed by atoms with Crippen molar-refractivity contribution in [3.63, 3.8) is 0 Å². The van der Waals surface area contributed by atoms with Crippen molar-refractivity contribution in [3.8, 4) is 45.1 Å². The maximum atomic E-state index is 5.60. The van der Waals surface area contributed by atoms with Gasteiger partial charge in [-0.25, -0.2) is 9.97 Å². The lowest BCUT2D eigenvalue weighted by atomic mass is 9.82. The van der Waals surface area contributed by atoms with Gasteiger partial charge in [0.25, 0.3) is 0 Å². The number of rotatable bonds is 4. The largest absolute Gasteiger partial charge is 0.309 e. The zero-order chi connectivity index (χ0) is 37.8. The van der Waals surface area contributed by atoms with Crippen LogP contribution in [0.3, 0.4) is 0 Å². The molecular weight excluding hydrogens is 693 g/mol. The van der Waals surface area contributed by atoms with Crippen molar-refractivity contribution in [3.05, 3.63) is 193 Å². The van der Waals surface area contributed by atoms with Crippen LogP contribution in [-0.2, 0) is 5.41 Å². The average Bonchev–Trinajstić information content (AvgIpc) is 3.86. The van der Waals surface area contributed by atoms with Crippen LogP contribution in [-0.4, -0.2) is 19.1 Å². The van der Waals surface area contributed by atoms with Gasteiger partial charge in [-0.05, 0) is 70.3 Å². The molecule has 0 spiro atoms. The van der Waals surface area contributed by atoms with Crippen LogP contribution in [0.2, 0.25) is 0 Å². The van der Waals surface area contributed by atoms with E-state index < -0.39 is 0 Å². The van der Waals surface area contributed by atoms with Crippen LogP contribution in [0.5, 0.6) is 0 Å². The molecule has 0 bridgehead atoms. The van der Waals surface area contributed by atoms with E-state index >= 15 is 0 Å². The number of hydrogen-bond acceptors (Lipinski definition) is 2. The summed E-state index contributed by atoms with van der Waals surface area (Å²) < 4.78 is 4.65. The van der Waals surface area contributed by atoms with E-state index in [0.717, 1.165) is 44.4 Å². The number of nitrogens with zero attached hydrogens (tertiary/aromatic N) is 4. The van der Waals surface area contributed by atoms with Crippen molar-refractivity contribution in [1.29, 1.82) is 0 Å². The van der Waals surface area contributed by atoms with Crippen LogP contribution in [0.4, 0.5) is 0 Å². The summed E-state index contributed by atoms with van der Waals surface area (Å²) in [7, 11) is 0.